The van der Waals surface area contributed by atoms with Crippen molar-refractivity contribution in [2.45, 2.75) is 16.9 Å². The highest BCUT2D eigenvalue weighted by atomic mass is 32.2. The highest BCUT2D eigenvalue weighted by Gasteiger charge is 2.29. The molecule has 0 N–H and O–H groups in total. The molecule has 4 aromatic rings. The predicted octanol–water partition coefficient (Wildman–Crippen LogP) is 4.37. The Morgan fingerprint density at radius 1 is 1.00 bits per heavy atom. The standard InChI is InChI=1S/C25H23F3N6O2S/c1-32-10-12-33(13-11-32)21-14-17(8-9-29-21)15-34-16-19(4-7-22(34)35)24-30-23(31-36-24)18-2-5-20(6-3-18)37-25(26,27)28/h2-9,14,16H,10-13,15H2,1H3. The molecule has 1 aliphatic rings. The second-order valence-electron chi connectivity index (χ2n) is 8.69. The fourth-order valence-corrected chi connectivity index (χ4v) is 4.55. The van der Waals surface area contributed by atoms with E-state index in [9.17, 15) is 18.0 Å². The lowest BCUT2D eigenvalue weighted by molar-refractivity contribution is -0.0328. The molecule has 3 aromatic heterocycles. The van der Waals surface area contributed by atoms with Crippen LogP contribution in [0.25, 0.3) is 22.8 Å². The lowest BCUT2D eigenvalue weighted by Gasteiger charge is -2.33. The number of nitrogens with zero attached hydrogens (tertiary/aromatic N) is 6. The van der Waals surface area contributed by atoms with Crippen molar-refractivity contribution in [3.63, 3.8) is 0 Å². The van der Waals surface area contributed by atoms with Crippen LogP contribution in [0.2, 0.25) is 0 Å². The normalized spacial score (nSPS) is 14.8. The minimum absolute atomic E-state index is 0.0685. The smallest absolute Gasteiger partial charge is 0.354 e. The molecule has 1 aliphatic heterocycles. The lowest BCUT2D eigenvalue weighted by Crippen LogP contribution is -2.44. The Hall–Kier alpha value is -3.64. The third kappa shape index (κ3) is 6.20. The van der Waals surface area contributed by atoms with E-state index in [0.717, 1.165) is 37.6 Å². The molecule has 1 fully saturated rings. The molecule has 1 saturated heterocycles. The zero-order valence-electron chi connectivity index (χ0n) is 19.9. The van der Waals surface area contributed by atoms with Gasteiger partial charge in [-0.1, -0.05) is 5.16 Å². The monoisotopic (exact) mass is 528 g/mol. The summed E-state index contributed by atoms with van der Waals surface area (Å²) in [5.41, 5.74) is -2.53. The summed E-state index contributed by atoms with van der Waals surface area (Å²) in [4.78, 5) is 26.0. The van der Waals surface area contributed by atoms with Crippen LogP contribution < -0.4 is 10.5 Å². The van der Waals surface area contributed by atoms with Gasteiger partial charge in [-0.05, 0) is 66.8 Å². The van der Waals surface area contributed by atoms with Crippen molar-refractivity contribution in [2.24, 2.45) is 0 Å². The molecule has 0 atom stereocenters. The molecule has 37 heavy (non-hydrogen) atoms. The fourth-order valence-electron chi connectivity index (χ4n) is 4.01. The van der Waals surface area contributed by atoms with E-state index in [4.69, 9.17) is 4.52 Å². The highest BCUT2D eigenvalue weighted by Crippen LogP contribution is 2.37. The number of piperazine rings is 1. The van der Waals surface area contributed by atoms with Crippen molar-refractivity contribution < 1.29 is 17.7 Å². The maximum Gasteiger partial charge on any atom is 0.446 e. The molecule has 12 heteroatoms. The molecule has 0 spiro atoms. The molecule has 0 saturated carbocycles. The number of benzene rings is 1. The number of hydrogen-bond acceptors (Lipinski definition) is 8. The average Bonchev–Trinajstić information content (AvgIpc) is 3.36. The van der Waals surface area contributed by atoms with Crippen LogP contribution in [0.3, 0.4) is 0 Å². The first-order chi connectivity index (χ1) is 17.7. The van der Waals surface area contributed by atoms with Gasteiger partial charge in [0.1, 0.15) is 5.82 Å². The third-order valence-corrected chi connectivity index (χ3v) is 6.73. The maximum absolute atomic E-state index is 12.6. The van der Waals surface area contributed by atoms with Crippen molar-refractivity contribution in [1.82, 2.24) is 24.6 Å². The number of pyridine rings is 2. The Kier molecular flexibility index (Phi) is 7.02. The number of halogens is 3. The second-order valence-corrected chi connectivity index (χ2v) is 9.83. The van der Waals surface area contributed by atoms with Gasteiger partial charge in [-0.3, -0.25) is 4.79 Å². The van der Waals surface area contributed by atoms with Gasteiger partial charge in [0.2, 0.25) is 5.82 Å². The summed E-state index contributed by atoms with van der Waals surface area (Å²) < 4.78 is 44.6. The molecule has 0 radical (unpaired) electrons. The first kappa shape index (κ1) is 25.0. The van der Waals surface area contributed by atoms with Gasteiger partial charge in [-0.25, -0.2) is 4.98 Å². The predicted molar refractivity (Wildman–Crippen MR) is 134 cm³/mol. The average molecular weight is 529 g/mol. The fraction of sp³-hybridized carbons (Fsp3) is 0.280. The largest absolute Gasteiger partial charge is 0.446 e. The van der Waals surface area contributed by atoms with Gasteiger partial charge in [0.25, 0.3) is 11.4 Å². The van der Waals surface area contributed by atoms with Gasteiger partial charge < -0.3 is 18.9 Å². The van der Waals surface area contributed by atoms with E-state index in [1.165, 1.54) is 30.3 Å². The summed E-state index contributed by atoms with van der Waals surface area (Å²) in [6.45, 7) is 4.07. The van der Waals surface area contributed by atoms with Gasteiger partial charge in [-0.2, -0.15) is 18.2 Å². The molecule has 0 amide bonds. The molecular weight excluding hydrogens is 505 g/mol. The SMILES string of the molecule is CN1CCN(c2cc(Cn3cc(-c4nc(-c5ccc(SC(F)(F)F)cc5)no4)ccc3=O)ccn2)CC1. The van der Waals surface area contributed by atoms with Crippen molar-refractivity contribution in [1.29, 1.82) is 0 Å². The summed E-state index contributed by atoms with van der Waals surface area (Å²) in [6, 6.07) is 12.6. The number of hydrogen-bond donors (Lipinski definition) is 0. The van der Waals surface area contributed by atoms with E-state index in [-0.39, 0.29) is 33.9 Å². The zero-order valence-corrected chi connectivity index (χ0v) is 20.7. The molecule has 4 heterocycles. The van der Waals surface area contributed by atoms with Crippen molar-refractivity contribution in [2.75, 3.05) is 38.1 Å². The van der Waals surface area contributed by atoms with Crippen LogP contribution in [0.1, 0.15) is 5.56 Å². The first-order valence-electron chi connectivity index (χ1n) is 11.5. The van der Waals surface area contributed by atoms with Crippen LogP contribution in [0.5, 0.6) is 0 Å². The number of aromatic nitrogens is 4. The topological polar surface area (TPSA) is 80.3 Å². The van der Waals surface area contributed by atoms with E-state index in [0.29, 0.717) is 17.7 Å². The van der Waals surface area contributed by atoms with E-state index in [2.05, 4.69) is 32.0 Å². The van der Waals surface area contributed by atoms with E-state index >= 15 is 0 Å². The van der Waals surface area contributed by atoms with Crippen molar-refractivity contribution in [3.8, 4) is 22.8 Å². The first-order valence-corrected chi connectivity index (χ1v) is 12.3. The van der Waals surface area contributed by atoms with Gasteiger partial charge in [-0.15, -0.1) is 0 Å². The summed E-state index contributed by atoms with van der Waals surface area (Å²) in [7, 11) is 2.10. The molecule has 192 valence electrons. The summed E-state index contributed by atoms with van der Waals surface area (Å²) >= 11 is -0.186. The number of alkyl halides is 3. The Morgan fingerprint density at radius 3 is 2.46 bits per heavy atom. The molecule has 1 aromatic carbocycles. The Morgan fingerprint density at radius 2 is 1.73 bits per heavy atom. The highest BCUT2D eigenvalue weighted by molar-refractivity contribution is 8.00. The van der Waals surface area contributed by atoms with Gasteiger partial charge >= 0.3 is 5.51 Å². The van der Waals surface area contributed by atoms with Crippen LogP contribution in [0.4, 0.5) is 19.0 Å². The minimum atomic E-state index is -4.35. The minimum Gasteiger partial charge on any atom is -0.354 e. The zero-order chi connectivity index (χ0) is 26.0. The molecule has 8 nitrogen and oxygen atoms in total. The van der Waals surface area contributed by atoms with E-state index in [1.54, 1.807) is 23.0 Å². The maximum atomic E-state index is 12.6. The molecule has 0 aliphatic carbocycles. The van der Waals surface area contributed by atoms with E-state index in [1.807, 2.05) is 12.1 Å². The van der Waals surface area contributed by atoms with Crippen LogP contribution >= 0.6 is 11.8 Å². The van der Waals surface area contributed by atoms with Crippen LogP contribution in [0, 0.1) is 0 Å². The number of likely N-dealkylation sites (N-methyl/N-ethyl adjacent to an activating group) is 1. The quantitative estimate of drug-likeness (QED) is 0.342. The Bertz CT molecular complexity index is 1430. The number of anilines is 1. The molecule has 0 unspecified atom stereocenters. The van der Waals surface area contributed by atoms with Gasteiger partial charge in [0.15, 0.2) is 0 Å². The van der Waals surface area contributed by atoms with Crippen LogP contribution in [-0.2, 0) is 6.54 Å². The third-order valence-electron chi connectivity index (χ3n) is 5.99. The summed E-state index contributed by atoms with van der Waals surface area (Å²) in [5, 5.41) is 3.95. The van der Waals surface area contributed by atoms with Crippen molar-refractivity contribution >= 4 is 17.6 Å². The van der Waals surface area contributed by atoms with Gasteiger partial charge in [0, 0.05) is 55.1 Å². The summed E-state index contributed by atoms with van der Waals surface area (Å²) in [5.74, 6) is 1.32. The molecule has 0 bridgehead atoms. The number of thioether (sulfide) groups is 1. The molecule has 5 rings (SSSR count). The number of rotatable bonds is 6. The Balaban J connectivity index is 1.33. The van der Waals surface area contributed by atoms with Crippen molar-refractivity contribution in [3.05, 3.63) is 76.8 Å². The Labute approximate surface area is 214 Å². The van der Waals surface area contributed by atoms with Crippen LogP contribution in [-0.4, -0.2) is 63.3 Å². The lowest BCUT2D eigenvalue weighted by atomic mass is 10.2. The van der Waals surface area contributed by atoms with Gasteiger partial charge in [0.05, 0.1) is 12.1 Å². The molecular formula is C25H23F3N6O2S. The second kappa shape index (κ2) is 10.4. The summed E-state index contributed by atoms with van der Waals surface area (Å²) in [6.07, 6.45) is 3.40. The van der Waals surface area contributed by atoms with E-state index < -0.39 is 5.51 Å². The van der Waals surface area contributed by atoms with Crippen LogP contribution in [0.15, 0.2) is 75.1 Å².